The van der Waals surface area contributed by atoms with Gasteiger partial charge in [0.05, 0.1) is 6.61 Å². The molecule has 1 amide bonds. The predicted molar refractivity (Wildman–Crippen MR) is 163 cm³/mol. The molecule has 0 aromatic heterocycles. The van der Waals surface area contributed by atoms with Crippen molar-refractivity contribution in [1.29, 1.82) is 0 Å². The van der Waals surface area contributed by atoms with Crippen LogP contribution in [0.25, 0.3) is 0 Å². The number of rotatable bonds is 13. The Balaban J connectivity index is 1.51. The topological polar surface area (TPSA) is 106 Å². The molecule has 9 heteroatoms. The molecule has 1 atom stereocenters. The van der Waals surface area contributed by atoms with Crippen molar-refractivity contribution in [2.24, 2.45) is 4.99 Å². The van der Waals surface area contributed by atoms with Crippen molar-refractivity contribution in [3.8, 4) is 5.75 Å². The monoisotopic (exact) mass is 590 g/mol. The lowest BCUT2D eigenvalue weighted by Gasteiger charge is -2.24. The largest absolute Gasteiger partial charge is 0.494 e. The number of nitrogens with one attached hydrogen (secondary N) is 1. The normalized spacial score (nSPS) is 16.3. The summed E-state index contributed by atoms with van der Waals surface area (Å²) in [7, 11) is 0. The Morgan fingerprint density at radius 1 is 1.02 bits per heavy atom. The minimum Gasteiger partial charge on any atom is -0.494 e. The molecule has 42 heavy (non-hydrogen) atoms. The highest BCUT2D eigenvalue weighted by Gasteiger charge is 2.44. The zero-order chi connectivity index (χ0) is 30.0. The first kappa shape index (κ1) is 31.1. The van der Waals surface area contributed by atoms with E-state index >= 15 is 0 Å². The molecule has 1 heterocycles. The number of nitrogens with zero attached hydrogens (tertiary/aromatic N) is 1. The average Bonchev–Trinajstić information content (AvgIpc) is 3.41. The quantitative estimate of drug-likeness (QED) is 0.199. The van der Waals surface area contributed by atoms with Crippen LogP contribution in [0.15, 0.2) is 93.6 Å². The summed E-state index contributed by atoms with van der Waals surface area (Å²) in [5, 5.41) is 12.0. The number of esters is 1. The van der Waals surface area contributed by atoms with Crippen molar-refractivity contribution >= 4 is 29.5 Å². The summed E-state index contributed by atoms with van der Waals surface area (Å²) in [6.45, 7) is 6.21. The van der Waals surface area contributed by atoms with Crippen molar-refractivity contribution in [2.75, 3.05) is 19.8 Å². The van der Waals surface area contributed by atoms with Gasteiger partial charge in [-0.15, -0.1) is 0 Å². The van der Waals surface area contributed by atoms with Crippen molar-refractivity contribution in [1.82, 2.24) is 5.32 Å². The molecule has 0 fully saturated rings. The number of aliphatic imine (C=N–C) groups is 1. The third-order valence-corrected chi connectivity index (χ3v) is 7.53. The second-order valence-electron chi connectivity index (χ2n) is 11.0. The fraction of sp³-hybridized carbons (Fsp3) is 0.364. The van der Waals surface area contributed by atoms with Gasteiger partial charge < -0.3 is 24.6 Å². The Morgan fingerprint density at radius 3 is 2.45 bits per heavy atom. The van der Waals surface area contributed by atoms with Crippen LogP contribution in [0.2, 0.25) is 0 Å². The van der Waals surface area contributed by atoms with Crippen LogP contribution in [0.4, 0.5) is 0 Å². The molecule has 0 unspecified atom stereocenters. The summed E-state index contributed by atoms with van der Waals surface area (Å²) in [6.07, 6.45) is 0.700. The molecule has 2 N–H and O–H groups in total. The van der Waals surface area contributed by atoms with Crippen molar-refractivity contribution in [2.45, 2.75) is 67.5 Å². The molecule has 0 aliphatic carbocycles. The Morgan fingerprint density at radius 2 is 1.74 bits per heavy atom. The van der Waals surface area contributed by atoms with E-state index in [-0.39, 0.29) is 32.0 Å². The van der Waals surface area contributed by atoms with Gasteiger partial charge in [-0.25, -0.2) is 4.99 Å². The van der Waals surface area contributed by atoms with E-state index in [0.29, 0.717) is 36.8 Å². The first-order chi connectivity index (χ1) is 20.2. The third kappa shape index (κ3) is 8.84. The fourth-order valence-corrected chi connectivity index (χ4v) is 5.27. The van der Waals surface area contributed by atoms with E-state index in [4.69, 9.17) is 24.3 Å². The summed E-state index contributed by atoms with van der Waals surface area (Å²) in [5.41, 5.74) is -0.249. The van der Waals surface area contributed by atoms with E-state index in [2.05, 4.69) is 5.32 Å². The van der Waals surface area contributed by atoms with Gasteiger partial charge in [0.1, 0.15) is 18.0 Å². The van der Waals surface area contributed by atoms with E-state index in [1.54, 1.807) is 23.9 Å². The molecule has 1 aliphatic rings. The zero-order valence-electron chi connectivity index (χ0n) is 24.3. The van der Waals surface area contributed by atoms with Gasteiger partial charge >= 0.3 is 5.97 Å². The molecule has 0 radical (unpaired) electrons. The predicted octanol–water partition coefficient (Wildman–Crippen LogP) is 5.55. The van der Waals surface area contributed by atoms with Crippen molar-refractivity contribution < 1.29 is 28.9 Å². The van der Waals surface area contributed by atoms with Crippen LogP contribution in [-0.2, 0) is 25.6 Å². The van der Waals surface area contributed by atoms with Gasteiger partial charge in [-0.3, -0.25) is 9.59 Å². The maximum absolute atomic E-state index is 13.8. The number of aliphatic hydroxyl groups is 1. The summed E-state index contributed by atoms with van der Waals surface area (Å²) >= 11 is 1.63. The lowest BCUT2D eigenvalue weighted by atomic mass is 9.94. The standard InChI is InChI=1S/C33H38N2O6S/c1-32(2,3)41-29(37)18-19-33(23-40-30(35-33)24-14-16-26(17-15-24)39-21-9-20-36)31(38)34-22-25-10-7-8-13-28(25)42-27-11-5-4-6-12-27/h4-8,10-17,36H,9,18-23H2,1-3H3,(H,34,38)/t33-/m1/s1. The summed E-state index contributed by atoms with van der Waals surface area (Å²) in [4.78, 5) is 33.3. The van der Waals surface area contributed by atoms with E-state index in [0.717, 1.165) is 15.4 Å². The van der Waals surface area contributed by atoms with Gasteiger partial charge in [0.25, 0.3) is 5.91 Å². The molecule has 0 saturated heterocycles. The number of carbonyl (C=O) groups excluding carboxylic acids is 2. The number of carbonyl (C=O) groups is 2. The van der Waals surface area contributed by atoms with Gasteiger partial charge in [0.15, 0.2) is 5.54 Å². The Labute approximate surface area is 251 Å². The average molecular weight is 591 g/mol. The number of aliphatic hydroxyl groups excluding tert-OH is 1. The molecule has 222 valence electrons. The van der Waals surface area contributed by atoms with Crippen LogP contribution in [-0.4, -0.2) is 53.8 Å². The zero-order valence-corrected chi connectivity index (χ0v) is 25.1. The molecule has 3 aromatic rings. The molecule has 0 saturated carbocycles. The molecule has 1 aliphatic heterocycles. The maximum atomic E-state index is 13.8. The number of hydrogen-bond donors (Lipinski definition) is 2. The highest BCUT2D eigenvalue weighted by molar-refractivity contribution is 7.99. The third-order valence-electron chi connectivity index (χ3n) is 6.40. The second-order valence-corrected chi connectivity index (χ2v) is 12.1. The van der Waals surface area contributed by atoms with E-state index in [1.165, 1.54) is 0 Å². The number of hydrogen-bond acceptors (Lipinski definition) is 8. The van der Waals surface area contributed by atoms with Crippen LogP contribution in [0.3, 0.4) is 0 Å². The highest BCUT2D eigenvalue weighted by Crippen LogP contribution is 2.32. The van der Waals surface area contributed by atoms with Gasteiger partial charge in [0.2, 0.25) is 5.90 Å². The number of benzene rings is 3. The minimum absolute atomic E-state index is 0.00608. The smallest absolute Gasteiger partial charge is 0.306 e. The molecule has 4 rings (SSSR count). The van der Waals surface area contributed by atoms with E-state index in [1.807, 2.05) is 87.5 Å². The Hall–Kier alpha value is -3.82. The van der Waals surface area contributed by atoms with Crippen LogP contribution in [0.1, 0.15) is 51.2 Å². The lowest BCUT2D eigenvalue weighted by Crippen LogP contribution is -2.47. The summed E-state index contributed by atoms with van der Waals surface area (Å²) in [5.74, 6) is 0.278. The summed E-state index contributed by atoms with van der Waals surface area (Å²) < 4.78 is 17.1. The molecular weight excluding hydrogens is 552 g/mol. The molecule has 0 bridgehead atoms. The molecule has 3 aromatic carbocycles. The van der Waals surface area contributed by atoms with Crippen molar-refractivity contribution in [3.05, 3.63) is 90.0 Å². The van der Waals surface area contributed by atoms with E-state index < -0.39 is 17.1 Å². The minimum atomic E-state index is -1.29. The highest BCUT2D eigenvalue weighted by atomic mass is 32.2. The second kappa shape index (κ2) is 14.4. The molecule has 8 nitrogen and oxygen atoms in total. The maximum Gasteiger partial charge on any atom is 0.306 e. The number of ether oxygens (including phenoxy) is 3. The van der Waals surface area contributed by atoms with Crippen LogP contribution in [0.5, 0.6) is 5.75 Å². The van der Waals surface area contributed by atoms with Gasteiger partial charge in [-0.1, -0.05) is 48.2 Å². The first-order valence-electron chi connectivity index (χ1n) is 14.1. The Bertz CT molecular complexity index is 1370. The molecule has 0 spiro atoms. The van der Waals surface area contributed by atoms with Gasteiger partial charge in [-0.05, 0) is 75.2 Å². The van der Waals surface area contributed by atoms with E-state index in [9.17, 15) is 9.59 Å². The summed E-state index contributed by atoms with van der Waals surface area (Å²) in [6, 6.07) is 25.2. The lowest BCUT2D eigenvalue weighted by molar-refractivity contribution is -0.155. The SMILES string of the molecule is CC(C)(C)OC(=O)CC[C@]1(C(=O)NCc2ccccc2Sc2ccccc2)COC(c2ccc(OCCCO)cc2)=N1. The van der Waals surface area contributed by atoms with Crippen molar-refractivity contribution in [3.63, 3.8) is 0 Å². The Kier molecular flexibility index (Phi) is 10.7. The van der Waals surface area contributed by atoms with Crippen LogP contribution < -0.4 is 10.1 Å². The van der Waals surface area contributed by atoms with Gasteiger partial charge in [0, 0.05) is 41.3 Å². The number of amides is 1. The molecular formula is C33H38N2O6S. The van der Waals surface area contributed by atoms with Gasteiger partial charge in [-0.2, -0.15) is 0 Å². The van der Waals surface area contributed by atoms with Crippen LogP contribution in [0, 0.1) is 0 Å². The fourth-order valence-electron chi connectivity index (χ4n) is 4.31. The first-order valence-corrected chi connectivity index (χ1v) is 14.9. The van der Waals surface area contributed by atoms with Crippen LogP contribution >= 0.6 is 11.8 Å².